The highest BCUT2D eigenvalue weighted by molar-refractivity contribution is 7.18. The maximum Gasteiger partial charge on any atom is 0.265 e. The van der Waals surface area contributed by atoms with Gasteiger partial charge in [0.25, 0.3) is 5.66 Å². The standard InChI is InChI=1S/C33H40F2N3P/c1-21-17-26(14-15-29(21)33(34,35)39)25-8-6-9-27(19-25)32-37-30-20-28(18-22(2)31(30)38-32)24-12-10-23(11-13-24)7-4-5-16-36-3/h6,8-9,14-21,23-24,29H,4-5,7,10-13,39H2,1-3H3,(H,37,38). The van der Waals surface area contributed by atoms with Crippen LogP contribution in [0.5, 0.6) is 0 Å². The molecule has 1 N–H and O–H groups in total. The number of nitrogens with zero attached hydrogens (tertiary/aromatic N) is 2. The fraction of sp³-hybridized carbons (Fsp3) is 0.455. The third-order valence-corrected chi connectivity index (χ3v) is 9.04. The Kier molecular flexibility index (Phi) is 8.47. The quantitative estimate of drug-likeness (QED) is 0.170. The van der Waals surface area contributed by atoms with Gasteiger partial charge in [-0.2, -0.15) is 0 Å². The molecular formula is C33H40F2N3P. The van der Waals surface area contributed by atoms with E-state index in [9.17, 15) is 8.78 Å². The van der Waals surface area contributed by atoms with Gasteiger partial charge in [0.1, 0.15) is 5.82 Å². The summed E-state index contributed by atoms with van der Waals surface area (Å²) in [4.78, 5) is 12.7. The van der Waals surface area contributed by atoms with Gasteiger partial charge < -0.3 is 9.98 Å². The number of allylic oxidation sites excluding steroid dienone is 4. The smallest absolute Gasteiger partial charge is 0.265 e. The molecule has 0 amide bonds. The minimum Gasteiger partial charge on any atom is -0.338 e. The summed E-state index contributed by atoms with van der Waals surface area (Å²) in [5.41, 5.74) is 4.90. The van der Waals surface area contributed by atoms with Gasteiger partial charge in [0, 0.05) is 12.6 Å². The fourth-order valence-electron chi connectivity index (χ4n) is 6.44. The third kappa shape index (κ3) is 6.40. The van der Waals surface area contributed by atoms with E-state index >= 15 is 0 Å². The summed E-state index contributed by atoms with van der Waals surface area (Å²) >= 11 is 0. The number of unbranched alkanes of at least 4 members (excludes halogenated alkanes) is 1. The molecule has 0 bridgehead atoms. The molecule has 1 aromatic heterocycles. The van der Waals surface area contributed by atoms with E-state index in [0.717, 1.165) is 45.9 Å². The first kappa shape index (κ1) is 27.9. The molecule has 3 nitrogen and oxygen atoms in total. The summed E-state index contributed by atoms with van der Waals surface area (Å²) in [7, 11) is 3.54. The van der Waals surface area contributed by atoms with Gasteiger partial charge in [0.15, 0.2) is 0 Å². The van der Waals surface area contributed by atoms with Crippen LogP contribution in [0, 0.1) is 24.7 Å². The van der Waals surface area contributed by atoms with Gasteiger partial charge in [-0.25, -0.2) is 13.8 Å². The topological polar surface area (TPSA) is 41.0 Å². The van der Waals surface area contributed by atoms with Crippen molar-refractivity contribution in [3.05, 3.63) is 71.3 Å². The average Bonchev–Trinajstić information content (AvgIpc) is 3.36. The van der Waals surface area contributed by atoms with Gasteiger partial charge in [-0.1, -0.05) is 65.1 Å². The second-order valence-electron chi connectivity index (χ2n) is 11.5. The van der Waals surface area contributed by atoms with Gasteiger partial charge in [-0.05, 0) is 104 Å². The van der Waals surface area contributed by atoms with E-state index in [-0.39, 0.29) is 5.92 Å². The molecule has 1 heterocycles. The van der Waals surface area contributed by atoms with E-state index in [4.69, 9.17) is 4.98 Å². The van der Waals surface area contributed by atoms with E-state index in [2.05, 4.69) is 41.2 Å². The molecule has 0 aliphatic heterocycles. The van der Waals surface area contributed by atoms with Crippen LogP contribution < -0.4 is 0 Å². The fourth-order valence-corrected chi connectivity index (χ4v) is 6.86. The van der Waals surface area contributed by atoms with Gasteiger partial charge in [0.2, 0.25) is 0 Å². The predicted octanol–water partition coefficient (Wildman–Crippen LogP) is 9.36. The Morgan fingerprint density at radius 2 is 1.90 bits per heavy atom. The zero-order valence-electron chi connectivity index (χ0n) is 23.3. The lowest BCUT2D eigenvalue weighted by Crippen LogP contribution is -2.26. The summed E-state index contributed by atoms with van der Waals surface area (Å²) in [5, 5.41) is 0. The Morgan fingerprint density at radius 3 is 2.62 bits per heavy atom. The Balaban J connectivity index is 1.32. The van der Waals surface area contributed by atoms with Crippen LogP contribution in [-0.2, 0) is 0 Å². The number of alkyl halides is 2. The first-order valence-electron chi connectivity index (χ1n) is 14.3. The largest absolute Gasteiger partial charge is 0.338 e. The molecule has 0 radical (unpaired) electrons. The number of hydrogen-bond donors (Lipinski definition) is 1. The monoisotopic (exact) mass is 547 g/mol. The van der Waals surface area contributed by atoms with Crippen LogP contribution in [0.2, 0.25) is 0 Å². The molecule has 0 spiro atoms. The van der Waals surface area contributed by atoms with Gasteiger partial charge >= 0.3 is 0 Å². The van der Waals surface area contributed by atoms with Crippen LogP contribution >= 0.6 is 9.24 Å². The molecule has 3 aromatic rings. The molecule has 0 saturated heterocycles. The highest BCUT2D eigenvalue weighted by Gasteiger charge is 2.37. The number of aromatic amines is 1. The first-order chi connectivity index (χ1) is 18.7. The lowest BCUT2D eigenvalue weighted by atomic mass is 9.77. The summed E-state index contributed by atoms with van der Waals surface area (Å²) in [6.07, 6.45) is 16.2. The number of hydrogen-bond acceptors (Lipinski definition) is 2. The van der Waals surface area contributed by atoms with Crippen LogP contribution in [0.15, 0.2) is 59.6 Å². The Morgan fingerprint density at radius 1 is 1.13 bits per heavy atom. The maximum absolute atomic E-state index is 13.9. The number of aryl methyl sites for hydroxylation is 1. The van der Waals surface area contributed by atoms with Crippen molar-refractivity contribution in [2.75, 3.05) is 7.05 Å². The molecular weight excluding hydrogens is 507 g/mol. The van der Waals surface area contributed by atoms with Crippen molar-refractivity contribution in [2.24, 2.45) is 22.7 Å². The molecule has 2 aromatic carbocycles. The first-order valence-corrected chi connectivity index (χ1v) is 14.9. The second kappa shape index (κ2) is 11.8. The molecule has 206 valence electrons. The lowest BCUT2D eigenvalue weighted by molar-refractivity contribution is 0.0425. The number of benzene rings is 2. The van der Waals surface area contributed by atoms with E-state index in [1.165, 1.54) is 49.7 Å². The Labute approximate surface area is 233 Å². The van der Waals surface area contributed by atoms with Gasteiger partial charge in [-0.3, -0.25) is 0 Å². The molecule has 5 rings (SSSR count). The summed E-state index contributed by atoms with van der Waals surface area (Å²) in [6.45, 7) is 4.01. The van der Waals surface area contributed by atoms with Crippen molar-refractivity contribution in [3.8, 4) is 11.4 Å². The minimum atomic E-state index is -2.81. The number of fused-ring (bicyclic) bond motifs is 1. The van der Waals surface area contributed by atoms with Crippen LogP contribution in [0.4, 0.5) is 8.78 Å². The zero-order chi connectivity index (χ0) is 27.6. The van der Waals surface area contributed by atoms with Crippen molar-refractivity contribution in [1.29, 1.82) is 0 Å². The third-order valence-electron chi connectivity index (χ3n) is 8.65. The van der Waals surface area contributed by atoms with E-state index in [1.807, 2.05) is 44.5 Å². The highest BCUT2D eigenvalue weighted by Crippen LogP contribution is 2.42. The van der Waals surface area contributed by atoms with Crippen molar-refractivity contribution in [3.63, 3.8) is 0 Å². The number of H-pyrrole nitrogens is 1. The van der Waals surface area contributed by atoms with Crippen LogP contribution in [0.1, 0.15) is 74.5 Å². The SMILES string of the molecule is CN=CCCCC1CCC(c2cc(C)c3nc(-c4cccc(C5=CC(C)C(C(F)(F)P)C=C5)c4)[nH]c3c2)CC1. The van der Waals surface area contributed by atoms with E-state index in [0.29, 0.717) is 5.92 Å². The van der Waals surface area contributed by atoms with Crippen molar-refractivity contribution < 1.29 is 8.78 Å². The molecule has 39 heavy (non-hydrogen) atoms. The highest BCUT2D eigenvalue weighted by atomic mass is 31.0. The van der Waals surface area contributed by atoms with Crippen LogP contribution in [0.25, 0.3) is 28.0 Å². The molecule has 3 unspecified atom stereocenters. The van der Waals surface area contributed by atoms with Crippen molar-refractivity contribution >= 4 is 32.1 Å². The van der Waals surface area contributed by atoms with E-state index < -0.39 is 11.6 Å². The number of nitrogens with one attached hydrogen (secondary N) is 1. The molecule has 1 fully saturated rings. The second-order valence-corrected chi connectivity index (χ2v) is 12.3. The molecule has 3 atom stereocenters. The summed E-state index contributed by atoms with van der Waals surface area (Å²) in [5.74, 6) is 1.25. The van der Waals surface area contributed by atoms with Gasteiger partial charge in [-0.15, -0.1) is 0 Å². The van der Waals surface area contributed by atoms with Crippen LogP contribution in [-0.4, -0.2) is 28.9 Å². The number of imidazole rings is 1. The average molecular weight is 548 g/mol. The lowest BCUT2D eigenvalue weighted by Gasteiger charge is -2.29. The van der Waals surface area contributed by atoms with Crippen LogP contribution in [0.3, 0.4) is 0 Å². The number of halogens is 2. The molecule has 2 aliphatic carbocycles. The minimum absolute atomic E-state index is 0.251. The van der Waals surface area contributed by atoms with E-state index in [1.54, 1.807) is 15.3 Å². The number of aliphatic imine (C=N–C) groups is 1. The van der Waals surface area contributed by atoms with Gasteiger partial charge in [0.05, 0.1) is 17.0 Å². The zero-order valence-corrected chi connectivity index (χ0v) is 24.4. The Bertz CT molecular complexity index is 1390. The van der Waals surface area contributed by atoms with Crippen molar-refractivity contribution in [1.82, 2.24) is 9.97 Å². The number of aromatic nitrogens is 2. The number of rotatable bonds is 8. The normalized spacial score (nSPS) is 24.0. The Hall–Kier alpha value is -2.65. The predicted molar refractivity (Wildman–Crippen MR) is 164 cm³/mol. The molecule has 2 aliphatic rings. The molecule has 1 saturated carbocycles. The maximum atomic E-state index is 13.9. The summed E-state index contributed by atoms with van der Waals surface area (Å²) in [6, 6.07) is 12.8. The molecule has 6 heteroatoms. The summed E-state index contributed by atoms with van der Waals surface area (Å²) < 4.78 is 27.8. The van der Waals surface area contributed by atoms with Crippen molar-refractivity contribution in [2.45, 2.75) is 70.4 Å².